The zero-order chi connectivity index (χ0) is 8.97. The largest absolute Gasteiger partial charge is 0.378 e. The molecule has 1 rings (SSSR count). The molecule has 1 saturated heterocycles. The third-order valence-electron chi connectivity index (χ3n) is 2.17. The second kappa shape index (κ2) is 4.80. The minimum absolute atomic E-state index is 0.612. The summed E-state index contributed by atoms with van der Waals surface area (Å²) in [4.78, 5) is 2.22. The standard InChI is InChI=1S/C9H20N2O/c1-8(4-5-11(2)3)10-9-6-12-7-9/h8-10H,4-7H2,1-3H3. The molecular formula is C9H20N2O. The molecule has 1 heterocycles. The Balaban J connectivity index is 1.98. The Bertz CT molecular complexity index is 124. The molecule has 1 aliphatic heterocycles. The lowest BCUT2D eigenvalue weighted by Gasteiger charge is -2.30. The first-order valence-electron chi connectivity index (χ1n) is 4.67. The molecule has 0 bridgehead atoms. The van der Waals surface area contributed by atoms with E-state index in [9.17, 15) is 0 Å². The molecule has 0 aliphatic carbocycles. The van der Waals surface area contributed by atoms with Crippen molar-refractivity contribution >= 4 is 0 Å². The summed E-state index contributed by atoms with van der Waals surface area (Å²) in [6.07, 6.45) is 1.21. The summed E-state index contributed by atoms with van der Waals surface area (Å²) in [7, 11) is 4.22. The minimum atomic E-state index is 0.612. The fourth-order valence-corrected chi connectivity index (χ4v) is 1.27. The summed E-state index contributed by atoms with van der Waals surface area (Å²) in [5.74, 6) is 0. The molecule has 0 radical (unpaired) electrons. The molecule has 72 valence electrons. The Morgan fingerprint density at radius 3 is 2.58 bits per heavy atom. The quantitative estimate of drug-likeness (QED) is 0.646. The molecule has 1 atom stereocenters. The van der Waals surface area contributed by atoms with Gasteiger partial charge in [-0.05, 0) is 34.0 Å². The number of hydrogen-bond acceptors (Lipinski definition) is 3. The highest BCUT2D eigenvalue weighted by molar-refractivity contribution is 4.76. The van der Waals surface area contributed by atoms with Crippen molar-refractivity contribution in [3.05, 3.63) is 0 Å². The van der Waals surface area contributed by atoms with Crippen molar-refractivity contribution in [3.63, 3.8) is 0 Å². The summed E-state index contributed by atoms with van der Waals surface area (Å²) >= 11 is 0. The van der Waals surface area contributed by atoms with Gasteiger partial charge >= 0.3 is 0 Å². The van der Waals surface area contributed by atoms with Crippen molar-refractivity contribution in [1.29, 1.82) is 0 Å². The maximum Gasteiger partial charge on any atom is 0.0643 e. The van der Waals surface area contributed by atoms with Gasteiger partial charge in [0.1, 0.15) is 0 Å². The Labute approximate surface area is 75.1 Å². The van der Waals surface area contributed by atoms with E-state index < -0.39 is 0 Å². The molecule has 1 unspecified atom stereocenters. The van der Waals surface area contributed by atoms with E-state index >= 15 is 0 Å². The van der Waals surface area contributed by atoms with Gasteiger partial charge in [0.15, 0.2) is 0 Å². The Morgan fingerprint density at radius 1 is 1.50 bits per heavy atom. The smallest absolute Gasteiger partial charge is 0.0643 e. The normalized spacial score (nSPS) is 21.0. The predicted molar refractivity (Wildman–Crippen MR) is 50.4 cm³/mol. The van der Waals surface area contributed by atoms with Gasteiger partial charge in [-0.3, -0.25) is 0 Å². The Kier molecular flexibility index (Phi) is 3.98. The summed E-state index contributed by atoms with van der Waals surface area (Å²) in [6.45, 7) is 5.18. The molecule has 12 heavy (non-hydrogen) atoms. The SMILES string of the molecule is CC(CCN(C)C)NC1COC1. The monoisotopic (exact) mass is 172 g/mol. The van der Waals surface area contributed by atoms with Crippen molar-refractivity contribution in [2.24, 2.45) is 0 Å². The van der Waals surface area contributed by atoms with Gasteiger partial charge in [-0.1, -0.05) is 0 Å². The lowest BCUT2D eigenvalue weighted by molar-refractivity contribution is -0.00971. The molecule has 1 fully saturated rings. The van der Waals surface area contributed by atoms with Crippen LogP contribution in [0.1, 0.15) is 13.3 Å². The van der Waals surface area contributed by atoms with Crippen LogP contribution in [-0.2, 0) is 4.74 Å². The number of nitrogens with one attached hydrogen (secondary N) is 1. The molecule has 0 spiro atoms. The molecule has 3 nitrogen and oxygen atoms in total. The van der Waals surface area contributed by atoms with Crippen molar-refractivity contribution in [3.8, 4) is 0 Å². The van der Waals surface area contributed by atoms with Crippen LogP contribution in [-0.4, -0.2) is 50.8 Å². The van der Waals surface area contributed by atoms with E-state index in [0.29, 0.717) is 12.1 Å². The molecule has 0 aromatic heterocycles. The fourth-order valence-electron chi connectivity index (χ4n) is 1.27. The van der Waals surface area contributed by atoms with Crippen molar-refractivity contribution < 1.29 is 4.74 Å². The molecule has 3 heteroatoms. The molecule has 0 aromatic rings. The van der Waals surface area contributed by atoms with Gasteiger partial charge in [-0.25, -0.2) is 0 Å². The zero-order valence-electron chi connectivity index (χ0n) is 8.34. The molecule has 1 N–H and O–H groups in total. The van der Waals surface area contributed by atoms with Gasteiger partial charge in [0, 0.05) is 6.04 Å². The molecule has 0 amide bonds. The topological polar surface area (TPSA) is 24.5 Å². The Morgan fingerprint density at radius 2 is 2.17 bits per heavy atom. The van der Waals surface area contributed by atoms with E-state index in [-0.39, 0.29) is 0 Å². The van der Waals surface area contributed by atoms with Crippen LogP contribution in [0.15, 0.2) is 0 Å². The van der Waals surface area contributed by atoms with Crippen LogP contribution >= 0.6 is 0 Å². The van der Waals surface area contributed by atoms with Gasteiger partial charge in [-0.15, -0.1) is 0 Å². The average molecular weight is 172 g/mol. The molecular weight excluding hydrogens is 152 g/mol. The van der Waals surface area contributed by atoms with E-state index in [1.807, 2.05) is 0 Å². The first-order valence-corrected chi connectivity index (χ1v) is 4.67. The highest BCUT2D eigenvalue weighted by Crippen LogP contribution is 2.02. The molecule has 1 aliphatic rings. The van der Waals surface area contributed by atoms with Gasteiger partial charge in [0.25, 0.3) is 0 Å². The highest BCUT2D eigenvalue weighted by atomic mass is 16.5. The van der Waals surface area contributed by atoms with Crippen molar-refractivity contribution in [2.75, 3.05) is 33.9 Å². The van der Waals surface area contributed by atoms with Crippen LogP contribution in [0, 0.1) is 0 Å². The van der Waals surface area contributed by atoms with Crippen LogP contribution in [0.25, 0.3) is 0 Å². The summed E-state index contributed by atoms with van der Waals surface area (Å²) in [5.41, 5.74) is 0. The lowest BCUT2D eigenvalue weighted by Crippen LogP contribution is -2.49. The molecule has 0 saturated carbocycles. The van der Waals surface area contributed by atoms with Gasteiger partial charge in [-0.2, -0.15) is 0 Å². The van der Waals surface area contributed by atoms with Crippen LogP contribution in [0.5, 0.6) is 0 Å². The zero-order valence-corrected chi connectivity index (χ0v) is 8.34. The van der Waals surface area contributed by atoms with Crippen LogP contribution in [0.3, 0.4) is 0 Å². The third kappa shape index (κ3) is 3.52. The van der Waals surface area contributed by atoms with E-state index in [0.717, 1.165) is 19.8 Å². The fraction of sp³-hybridized carbons (Fsp3) is 1.00. The van der Waals surface area contributed by atoms with Crippen molar-refractivity contribution in [1.82, 2.24) is 10.2 Å². The van der Waals surface area contributed by atoms with E-state index in [4.69, 9.17) is 4.74 Å². The summed E-state index contributed by atoms with van der Waals surface area (Å²) in [5, 5.41) is 3.52. The third-order valence-corrected chi connectivity index (χ3v) is 2.17. The summed E-state index contributed by atoms with van der Waals surface area (Å²) in [6, 6.07) is 1.23. The van der Waals surface area contributed by atoms with E-state index in [1.54, 1.807) is 0 Å². The highest BCUT2D eigenvalue weighted by Gasteiger charge is 2.19. The van der Waals surface area contributed by atoms with Gasteiger partial charge in [0.05, 0.1) is 19.3 Å². The average Bonchev–Trinajstić information content (AvgIpc) is 1.93. The van der Waals surface area contributed by atoms with Gasteiger partial charge < -0.3 is 15.0 Å². The van der Waals surface area contributed by atoms with E-state index in [2.05, 4.69) is 31.2 Å². The minimum Gasteiger partial charge on any atom is -0.378 e. The second-order valence-electron chi connectivity index (χ2n) is 3.89. The Hall–Kier alpha value is -0.120. The van der Waals surface area contributed by atoms with Crippen molar-refractivity contribution in [2.45, 2.75) is 25.4 Å². The van der Waals surface area contributed by atoms with Crippen LogP contribution in [0.2, 0.25) is 0 Å². The number of rotatable bonds is 5. The number of hydrogen-bond donors (Lipinski definition) is 1. The lowest BCUT2D eigenvalue weighted by atomic mass is 10.1. The number of nitrogens with zero attached hydrogens (tertiary/aromatic N) is 1. The number of ether oxygens (including phenoxy) is 1. The van der Waals surface area contributed by atoms with E-state index in [1.165, 1.54) is 6.42 Å². The summed E-state index contributed by atoms with van der Waals surface area (Å²) < 4.78 is 5.09. The van der Waals surface area contributed by atoms with Gasteiger partial charge in [0.2, 0.25) is 0 Å². The first kappa shape index (κ1) is 9.96. The first-order chi connectivity index (χ1) is 5.68. The maximum atomic E-state index is 5.09. The van der Waals surface area contributed by atoms with Crippen LogP contribution < -0.4 is 5.32 Å². The second-order valence-corrected chi connectivity index (χ2v) is 3.89. The molecule has 0 aromatic carbocycles. The predicted octanol–water partition coefficient (Wildman–Crippen LogP) is 0.315. The van der Waals surface area contributed by atoms with Crippen LogP contribution in [0.4, 0.5) is 0 Å². The maximum absolute atomic E-state index is 5.09.